The maximum Gasteiger partial charge on any atom is 0.101 e. The van der Waals surface area contributed by atoms with E-state index in [2.05, 4.69) is 16.0 Å². The van der Waals surface area contributed by atoms with E-state index in [1.807, 2.05) is 30.0 Å². The molecule has 0 aliphatic carbocycles. The molecule has 0 saturated carbocycles. The van der Waals surface area contributed by atoms with Crippen molar-refractivity contribution in [3.05, 3.63) is 47.8 Å². The molecule has 0 aromatic carbocycles. The Morgan fingerprint density at radius 3 is 3.00 bits per heavy atom. The SMILES string of the molecule is Cn1cnc(C=Cc2ccncc2C#N)c1. The topological polar surface area (TPSA) is 54.5 Å². The minimum atomic E-state index is 0.565. The Hall–Kier alpha value is -2.41. The fourth-order valence-corrected chi connectivity index (χ4v) is 1.34. The number of nitriles is 1. The van der Waals surface area contributed by atoms with Crippen molar-refractivity contribution in [3.63, 3.8) is 0 Å². The summed E-state index contributed by atoms with van der Waals surface area (Å²) in [6.07, 6.45) is 10.6. The highest BCUT2D eigenvalue weighted by atomic mass is 15.0. The van der Waals surface area contributed by atoms with Crippen LogP contribution in [0.15, 0.2) is 31.0 Å². The number of pyridine rings is 1. The van der Waals surface area contributed by atoms with E-state index >= 15 is 0 Å². The summed E-state index contributed by atoms with van der Waals surface area (Å²) in [5.74, 6) is 0. The third kappa shape index (κ3) is 2.15. The average molecular weight is 210 g/mol. The molecule has 4 nitrogen and oxygen atoms in total. The first-order valence-corrected chi connectivity index (χ1v) is 4.80. The first-order chi connectivity index (χ1) is 7.79. The van der Waals surface area contributed by atoms with Crippen molar-refractivity contribution in [2.75, 3.05) is 0 Å². The number of aromatic nitrogens is 3. The predicted octanol–water partition coefficient (Wildman–Crippen LogP) is 1.86. The molecule has 0 saturated heterocycles. The van der Waals surface area contributed by atoms with Gasteiger partial charge >= 0.3 is 0 Å². The normalized spacial score (nSPS) is 10.5. The number of hydrogen-bond acceptors (Lipinski definition) is 3. The van der Waals surface area contributed by atoms with Crippen LogP contribution in [0.25, 0.3) is 12.2 Å². The van der Waals surface area contributed by atoms with Crippen molar-refractivity contribution >= 4 is 12.2 Å². The average Bonchev–Trinajstić information content (AvgIpc) is 2.73. The molecule has 2 heterocycles. The van der Waals surface area contributed by atoms with Gasteiger partial charge in [-0.05, 0) is 17.7 Å². The van der Waals surface area contributed by atoms with Gasteiger partial charge in [-0.1, -0.05) is 6.08 Å². The first-order valence-electron chi connectivity index (χ1n) is 4.80. The monoisotopic (exact) mass is 210 g/mol. The van der Waals surface area contributed by atoms with Crippen molar-refractivity contribution in [1.29, 1.82) is 5.26 Å². The molecule has 0 fully saturated rings. The summed E-state index contributed by atoms with van der Waals surface area (Å²) in [5, 5.41) is 8.88. The van der Waals surface area contributed by atoms with Crippen LogP contribution in [-0.4, -0.2) is 14.5 Å². The lowest BCUT2D eigenvalue weighted by molar-refractivity contribution is 0.913. The molecular weight excluding hydrogens is 200 g/mol. The predicted molar refractivity (Wildman–Crippen MR) is 61.1 cm³/mol. The molecule has 78 valence electrons. The highest BCUT2D eigenvalue weighted by molar-refractivity contribution is 5.70. The molecule has 0 atom stereocenters. The van der Waals surface area contributed by atoms with Gasteiger partial charge in [-0.3, -0.25) is 4.98 Å². The van der Waals surface area contributed by atoms with Crippen LogP contribution in [0.1, 0.15) is 16.8 Å². The van der Waals surface area contributed by atoms with Crippen LogP contribution >= 0.6 is 0 Å². The van der Waals surface area contributed by atoms with E-state index in [-0.39, 0.29) is 0 Å². The van der Waals surface area contributed by atoms with Crippen LogP contribution in [0.4, 0.5) is 0 Å². The molecule has 2 rings (SSSR count). The maximum atomic E-state index is 8.88. The molecule has 2 aromatic heterocycles. The van der Waals surface area contributed by atoms with Gasteiger partial charge in [-0.2, -0.15) is 5.26 Å². The number of nitrogens with zero attached hydrogens (tertiary/aromatic N) is 4. The number of imidazole rings is 1. The quantitative estimate of drug-likeness (QED) is 0.760. The summed E-state index contributed by atoms with van der Waals surface area (Å²) >= 11 is 0. The van der Waals surface area contributed by atoms with Gasteiger partial charge in [-0.15, -0.1) is 0 Å². The zero-order valence-electron chi connectivity index (χ0n) is 8.83. The van der Waals surface area contributed by atoms with Crippen LogP contribution < -0.4 is 0 Å². The Morgan fingerprint density at radius 1 is 1.44 bits per heavy atom. The molecule has 0 aliphatic heterocycles. The molecular formula is C12H10N4. The highest BCUT2D eigenvalue weighted by Gasteiger charge is 1.97. The highest BCUT2D eigenvalue weighted by Crippen LogP contribution is 2.09. The lowest BCUT2D eigenvalue weighted by Gasteiger charge is -1.94. The number of hydrogen-bond donors (Lipinski definition) is 0. The molecule has 0 unspecified atom stereocenters. The number of rotatable bonds is 2. The van der Waals surface area contributed by atoms with Gasteiger partial charge in [0.15, 0.2) is 0 Å². The van der Waals surface area contributed by atoms with Gasteiger partial charge in [0.25, 0.3) is 0 Å². The van der Waals surface area contributed by atoms with E-state index in [0.29, 0.717) is 5.56 Å². The Morgan fingerprint density at radius 2 is 2.31 bits per heavy atom. The summed E-state index contributed by atoms with van der Waals surface area (Å²) < 4.78 is 1.87. The summed E-state index contributed by atoms with van der Waals surface area (Å²) in [5.41, 5.74) is 2.28. The second-order valence-corrected chi connectivity index (χ2v) is 3.37. The lowest BCUT2D eigenvalue weighted by atomic mass is 10.1. The van der Waals surface area contributed by atoms with Gasteiger partial charge in [0.05, 0.1) is 17.6 Å². The minimum absolute atomic E-state index is 0.565. The Balaban J connectivity index is 2.27. The Bertz CT molecular complexity index is 560. The van der Waals surface area contributed by atoms with Gasteiger partial charge in [0.2, 0.25) is 0 Å². The van der Waals surface area contributed by atoms with E-state index in [9.17, 15) is 0 Å². The lowest BCUT2D eigenvalue weighted by Crippen LogP contribution is -1.83. The van der Waals surface area contributed by atoms with Crippen LogP contribution in [0.2, 0.25) is 0 Å². The molecule has 16 heavy (non-hydrogen) atoms. The fraction of sp³-hybridized carbons (Fsp3) is 0.0833. The molecule has 4 heteroatoms. The fourth-order valence-electron chi connectivity index (χ4n) is 1.34. The molecule has 0 N–H and O–H groups in total. The zero-order valence-corrected chi connectivity index (χ0v) is 8.83. The van der Waals surface area contributed by atoms with Gasteiger partial charge < -0.3 is 4.57 Å². The van der Waals surface area contributed by atoms with E-state index in [1.54, 1.807) is 24.8 Å². The number of aryl methyl sites for hydroxylation is 1. The van der Waals surface area contributed by atoms with E-state index in [4.69, 9.17) is 5.26 Å². The molecule has 0 bridgehead atoms. The van der Waals surface area contributed by atoms with Gasteiger partial charge in [0.1, 0.15) is 6.07 Å². The van der Waals surface area contributed by atoms with Gasteiger partial charge in [0, 0.05) is 25.6 Å². The van der Waals surface area contributed by atoms with E-state index < -0.39 is 0 Å². The standard InChI is InChI=1S/C12H10N4/c1-16-8-12(15-9-16)3-2-10-4-5-14-7-11(10)6-13/h2-5,7-9H,1H3. The second-order valence-electron chi connectivity index (χ2n) is 3.37. The molecule has 0 radical (unpaired) electrons. The smallest absolute Gasteiger partial charge is 0.101 e. The molecule has 2 aromatic rings. The van der Waals surface area contributed by atoms with Crippen molar-refractivity contribution in [3.8, 4) is 6.07 Å². The summed E-state index contributed by atoms with van der Waals surface area (Å²) in [6, 6.07) is 3.90. The van der Waals surface area contributed by atoms with Crippen LogP contribution in [0.5, 0.6) is 0 Å². The summed E-state index contributed by atoms with van der Waals surface area (Å²) in [6.45, 7) is 0. The molecule has 0 aliphatic rings. The summed E-state index contributed by atoms with van der Waals surface area (Å²) in [7, 11) is 1.91. The third-order valence-electron chi connectivity index (χ3n) is 2.13. The largest absolute Gasteiger partial charge is 0.340 e. The summed E-state index contributed by atoms with van der Waals surface area (Å²) in [4.78, 5) is 8.06. The van der Waals surface area contributed by atoms with Crippen LogP contribution in [-0.2, 0) is 7.05 Å². The van der Waals surface area contributed by atoms with Crippen molar-refractivity contribution in [2.24, 2.45) is 7.05 Å². The Labute approximate surface area is 93.5 Å². The van der Waals surface area contributed by atoms with Crippen molar-refractivity contribution < 1.29 is 0 Å². The minimum Gasteiger partial charge on any atom is -0.340 e. The van der Waals surface area contributed by atoms with Gasteiger partial charge in [-0.25, -0.2) is 4.98 Å². The first kappa shape index (κ1) is 10.1. The third-order valence-corrected chi connectivity index (χ3v) is 2.13. The maximum absolute atomic E-state index is 8.88. The van der Waals surface area contributed by atoms with E-state index in [0.717, 1.165) is 11.3 Å². The second kappa shape index (κ2) is 4.41. The zero-order chi connectivity index (χ0) is 11.4. The molecule has 0 amide bonds. The molecule has 0 spiro atoms. The van der Waals surface area contributed by atoms with E-state index in [1.165, 1.54) is 0 Å². The van der Waals surface area contributed by atoms with Crippen LogP contribution in [0, 0.1) is 11.3 Å². The van der Waals surface area contributed by atoms with Crippen molar-refractivity contribution in [1.82, 2.24) is 14.5 Å². The Kier molecular flexibility index (Phi) is 2.79. The van der Waals surface area contributed by atoms with Crippen LogP contribution in [0.3, 0.4) is 0 Å². The van der Waals surface area contributed by atoms with Crippen molar-refractivity contribution in [2.45, 2.75) is 0 Å².